The van der Waals surface area contributed by atoms with E-state index in [4.69, 9.17) is 14.2 Å². The van der Waals surface area contributed by atoms with Gasteiger partial charge < -0.3 is 14.2 Å². The van der Waals surface area contributed by atoms with E-state index in [0.29, 0.717) is 17.2 Å². The molecule has 0 aliphatic heterocycles. The molecule has 0 atom stereocenters. The SMILES string of the molecule is CCOC(=O)C(=O)c1cc(Oc2ccccc2)ccc1OC. The average Bonchev–Trinajstić information content (AvgIpc) is 2.55. The molecule has 0 N–H and O–H groups in total. The van der Waals surface area contributed by atoms with E-state index in [-0.39, 0.29) is 12.2 Å². The molecule has 0 spiro atoms. The zero-order chi connectivity index (χ0) is 15.9. The summed E-state index contributed by atoms with van der Waals surface area (Å²) in [6, 6.07) is 13.8. The first kappa shape index (κ1) is 15.6. The second-order valence-corrected chi connectivity index (χ2v) is 4.33. The standard InChI is InChI=1S/C17H16O5/c1-3-21-17(19)16(18)14-11-13(9-10-15(14)20-2)22-12-7-5-4-6-8-12/h4-11H,3H2,1-2H3. The second-order valence-electron chi connectivity index (χ2n) is 4.33. The third-order valence-electron chi connectivity index (χ3n) is 2.86. The summed E-state index contributed by atoms with van der Waals surface area (Å²) >= 11 is 0. The number of rotatable bonds is 6. The van der Waals surface area contributed by atoms with Crippen LogP contribution in [0.25, 0.3) is 0 Å². The van der Waals surface area contributed by atoms with Crippen molar-refractivity contribution < 1.29 is 23.8 Å². The Morgan fingerprint density at radius 1 is 1.00 bits per heavy atom. The van der Waals surface area contributed by atoms with Gasteiger partial charge in [0.2, 0.25) is 0 Å². The van der Waals surface area contributed by atoms with Crippen molar-refractivity contribution in [3.05, 3.63) is 54.1 Å². The molecule has 0 aliphatic carbocycles. The van der Waals surface area contributed by atoms with Gasteiger partial charge in [0.1, 0.15) is 17.2 Å². The lowest BCUT2D eigenvalue weighted by Gasteiger charge is -2.10. The first-order valence-electron chi connectivity index (χ1n) is 6.78. The molecule has 0 bridgehead atoms. The molecule has 0 aromatic heterocycles. The third kappa shape index (κ3) is 3.63. The number of methoxy groups -OCH3 is 1. The Hall–Kier alpha value is -2.82. The van der Waals surface area contributed by atoms with Crippen LogP contribution in [-0.4, -0.2) is 25.5 Å². The molecule has 114 valence electrons. The quantitative estimate of drug-likeness (QED) is 0.465. The fourth-order valence-electron chi connectivity index (χ4n) is 1.86. The number of carbonyl (C=O) groups excluding carboxylic acids is 2. The van der Waals surface area contributed by atoms with Crippen LogP contribution in [0, 0.1) is 0 Å². The summed E-state index contributed by atoms with van der Waals surface area (Å²) in [5.41, 5.74) is 0.106. The van der Waals surface area contributed by atoms with Crippen molar-refractivity contribution in [3.63, 3.8) is 0 Å². The topological polar surface area (TPSA) is 61.8 Å². The molecule has 0 radical (unpaired) electrons. The molecule has 0 aliphatic rings. The number of ether oxygens (including phenoxy) is 3. The Kier molecular flexibility index (Phi) is 5.14. The van der Waals surface area contributed by atoms with E-state index < -0.39 is 11.8 Å². The van der Waals surface area contributed by atoms with Crippen LogP contribution in [0.15, 0.2) is 48.5 Å². The van der Waals surface area contributed by atoms with Crippen LogP contribution in [0.5, 0.6) is 17.2 Å². The van der Waals surface area contributed by atoms with E-state index >= 15 is 0 Å². The van der Waals surface area contributed by atoms with Gasteiger partial charge in [-0.25, -0.2) is 4.79 Å². The van der Waals surface area contributed by atoms with Crippen molar-refractivity contribution in [2.75, 3.05) is 13.7 Å². The molecule has 2 rings (SSSR count). The van der Waals surface area contributed by atoms with Gasteiger partial charge in [0.15, 0.2) is 0 Å². The number of hydrogen-bond acceptors (Lipinski definition) is 5. The predicted octanol–water partition coefficient (Wildman–Crippen LogP) is 3.23. The van der Waals surface area contributed by atoms with Crippen LogP contribution < -0.4 is 9.47 Å². The molecule has 5 nitrogen and oxygen atoms in total. The van der Waals surface area contributed by atoms with E-state index in [1.807, 2.05) is 18.2 Å². The maximum absolute atomic E-state index is 12.1. The minimum absolute atomic E-state index is 0.106. The number of Topliss-reactive ketones (excluding diaryl/α,β-unsaturated/α-hetero) is 1. The molecule has 2 aromatic rings. The maximum atomic E-state index is 12.1. The van der Waals surface area contributed by atoms with Crippen molar-refractivity contribution in [2.45, 2.75) is 6.92 Å². The molecule has 5 heteroatoms. The Labute approximate surface area is 128 Å². The summed E-state index contributed by atoms with van der Waals surface area (Å²) in [4.78, 5) is 23.7. The zero-order valence-electron chi connectivity index (χ0n) is 12.4. The number of carbonyl (C=O) groups is 2. The Bertz CT molecular complexity index is 664. The van der Waals surface area contributed by atoms with Crippen molar-refractivity contribution in [1.29, 1.82) is 0 Å². The maximum Gasteiger partial charge on any atom is 0.379 e. The van der Waals surface area contributed by atoms with Gasteiger partial charge in [-0.2, -0.15) is 0 Å². The summed E-state index contributed by atoms with van der Waals surface area (Å²) < 4.78 is 15.5. The molecule has 22 heavy (non-hydrogen) atoms. The first-order valence-corrected chi connectivity index (χ1v) is 6.78. The van der Waals surface area contributed by atoms with Gasteiger partial charge >= 0.3 is 5.97 Å². The monoisotopic (exact) mass is 300 g/mol. The van der Waals surface area contributed by atoms with Crippen LogP contribution in [-0.2, 0) is 9.53 Å². The Balaban J connectivity index is 2.30. The van der Waals surface area contributed by atoms with Gasteiger partial charge in [-0.15, -0.1) is 0 Å². The molecule has 0 unspecified atom stereocenters. The Morgan fingerprint density at radius 3 is 2.36 bits per heavy atom. The second kappa shape index (κ2) is 7.26. The smallest absolute Gasteiger partial charge is 0.379 e. The van der Waals surface area contributed by atoms with E-state index in [9.17, 15) is 9.59 Å². The highest BCUT2D eigenvalue weighted by atomic mass is 16.5. The molecule has 0 heterocycles. The largest absolute Gasteiger partial charge is 0.496 e. The lowest BCUT2D eigenvalue weighted by atomic mass is 10.1. The van der Waals surface area contributed by atoms with Gasteiger partial charge in [-0.1, -0.05) is 18.2 Å². The number of ketones is 1. The fraction of sp³-hybridized carbons (Fsp3) is 0.176. The van der Waals surface area contributed by atoms with Gasteiger partial charge in [0.25, 0.3) is 5.78 Å². The molecular formula is C17H16O5. The summed E-state index contributed by atoms with van der Waals surface area (Å²) in [5.74, 6) is -0.338. The van der Waals surface area contributed by atoms with Crippen LogP contribution in [0.2, 0.25) is 0 Å². The zero-order valence-corrected chi connectivity index (χ0v) is 12.4. The lowest BCUT2D eigenvalue weighted by molar-refractivity contribution is -0.137. The average molecular weight is 300 g/mol. The van der Waals surface area contributed by atoms with Gasteiger partial charge in [0.05, 0.1) is 19.3 Å². The summed E-state index contributed by atoms with van der Waals surface area (Å²) in [6.45, 7) is 1.77. The minimum atomic E-state index is -0.919. The lowest BCUT2D eigenvalue weighted by Crippen LogP contribution is -2.18. The van der Waals surface area contributed by atoms with Crippen LogP contribution in [0.4, 0.5) is 0 Å². The van der Waals surface area contributed by atoms with Gasteiger partial charge in [0, 0.05) is 0 Å². The highest BCUT2D eigenvalue weighted by Crippen LogP contribution is 2.28. The molecule has 0 saturated heterocycles. The van der Waals surface area contributed by atoms with E-state index in [0.717, 1.165) is 0 Å². The van der Waals surface area contributed by atoms with Crippen LogP contribution in [0.1, 0.15) is 17.3 Å². The number of esters is 1. The molecule has 0 amide bonds. The summed E-state index contributed by atoms with van der Waals surface area (Å²) in [7, 11) is 1.43. The van der Waals surface area contributed by atoms with E-state index in [1.165, 1.54) is 13.2 Å². The predicted molar refractivity (Wildman–Crippen MR) is 80.5 cm³/mol. The van der Waals surface area contributed by atoms with E-state index in [2.05, 4.69) is 0 Å². The molecule has 0 fully saturated rings. The van der Waals surface area contributed by atoms with Crippen LogP contribution >= 0.6 is 0 Å². The van der Waals surface area contributed by atoms with E-state index in [1.54, 1.807) is 31.2 Å². The molecule has 0 saturated carbocycles. The van der Waals surface area contributed by atoms with Gasteiger partial charge in [-0.05, 0) is 37.3 Å². The van der Waals surface area contributed by atoms with Crippen molar-refractivity contribution >= 4 is 11.8 Å². The first-order chi connectivity index (χ1) is 10.7. The van der Waals surface area contributed by atoms with Crippen molar-refractivity contribution in [3.8, 4) is 17.2 Å². The molecular weight excluding hydrogens is 284 g/mol. The van der Waals surface area contributed by atoms with Crippen LogP contribution in [0.3, 0.4) is 0 Å². The number of benzene rings is 2. The fourth-order valence-corrected chi connectivity index (χ4v) is 1.86. The number of hydrogen-bond donors (Lipinski definition) is 0. The Morgan fingerprint density at radius 2 is 1.73 bits per heavy atom. The third-order valence-corrected chi connectivity index (χ3v) is 2.86. The molecule has 2 aromatic carbocycles. The summed E-state index contributed by atoms with van der Waals surface area (Å²) in [6.07, 6.45) is 0. The summed E-state index contributed by atoms with van der Waals surface area (Å²) in [5, 5.41) is 0. The van der Waals surface area contributed by atoms with Gasteiger partial charge in [-0.3, -0.25) is 4.79 Å². The van der Waals surface area contributed by atoms with Crippen molar-refractivity contribution in [1.82, 2.24) is 0 Å². The highest BCUT2D eigenvalue weighted by molar-refractivity contribution is 6.41. The number of para-hydroxylation sites is 1. The van der Waals surface area contributed by atoms with Crippen molar-refractivity contribution in [2.24, 2.45) is 0 Å². The highest BCUT2D eigenvalue weighted by Gasteiger charge is 2.22. The normalized spacial score (nSPS) is 9.91. The minimum Gasteiger partial charge on any atom is -0.496 e.